The molecule has 7 nitrogen and oxygen atoms in total. The third kappa shape index (κ3) is 5.06. The molecule has 0 unspecified atom stereocenters. The maximum atomic E-state index is 14.8. The normalized spacial score (nSPS) is 16.1. The highest BCUT2D eigenvalue weighted by Gasteiger charge is 2.46. The lowest BCUT2D eigenvalue weighted by molar-refractivity contribution is 0.0949. The number of benzene rings is 1. The van der Waals surface area contributed by atoms with Crippen molar-refractivity contribution in [1.82, 2.24) is 25.6 Å². The predicted molar refractivity (Wildman–Crippen MR) is 144 cm³/mol. The molecule has 1 aliphatic carbocycles. The molecule has 1 saturated carbocycles. The summed E-state index contributed by atoms with van der Waals surface area (Å²) in [4.78, 5) is 29.1. The van der Waals surface area contributed by atoms with E-state index in [9.17, 15) is 13.6 Å². The van der Waals surface area contributed by atoms with E-state index in [-0.39, 0.29) is 29.4 Å². The van der Waals surface area contributed by atoms with E-state index in [2.05, 4.69) is 20.6 Å². The third-order valence-corrected chi connectivity index (χ3v) is 7.75. The summed E-state index contributed by atoms with van der Waals surface area (Å²) in [7, 11) is 0. The van der Waals surface area contributed by atoms with Crippen molar-refractivity contribution in [2.45, 2.75) is 29.8 Å². The van der Waals surface area contributed by atoms with E-state index >= 15 is 0 Å². The van der Waals surface area contributed by atoms with Crippen molar-refractivity contribution < 1.29 is 13.6 Å². The van der Waals surface area contributed by atoms with Crippen LogP contribution in [-0.4, -0.2) is 52.3 Å². The van der Waals surface area contributed by atoms with Crippen LogP contribution in [0.15, 0.2) is 59.6 Å². The standard InChI is InChI=1S/C28H26F2N6OS/c1-38-21-11-18(10-19(29)12-21)27(37)32-15-20-13-25-17(14-31-20)2-4-23(34-25)24-5-3-22(30)26(35-24)36-9-8-33-28(16-36)6-7-28/h2-5,10-14,33H,6-9,15-16H2,1H3,(H,32,37). The van der Waals surface area contributed by atoms with Gasteiger partial charge in [-0.15, -0.1) is 11.8 Å². The zero-order chi connectivity index (χ0) is 26.3. The Morgan fingerprint density at radius 2 is 1.92 bits per heavy atom. The number of rotatable bonds is 6. The van der Waals surface area contributed by atoms with E-state index in [0.29, 0.717) is 39.9 Å². The number of fused-ring (bicyclic) bond motifs is 1. The molecule has 0 radical (unpaired) electrons. The zero-order valence-electron chi connectivity index (χ0n) is 20.8. The second-order valence-corrected chi connectivity index (χ2v) is 10.6. The summed E-state index contributed by atoms with van der Waals surface area (Å²) in [5.41, 5.74) is 2.87. The van der Waals surface area contributed by atoms with Crippen molar-refractivity contribution in [3.8, 4) is 11.4 Å². The smallest absolute Gasteiger partial charge is 0.251 e. The SMILES string of the molecule is CSc1cc(F)cc(C(=O)NCc2cc3nc(-c4ccc(F)c(N5CCNC6(CC6)C5)n4)ccc3cn2)c1. The van der Waals surface area contributed by atoms with Crippen LogP contribution in [0.1, 0.15) is 28.9 Å². The molecule has 4 heterocycles. The number of thioether (sulfide) groups is 1. The van der Waals surface area contributed by atoms with Gasteiger partial charge in [-0.05, 0) is 67.6 Å². The van der Waals surface area contributed by atoms with Gasteiger partial charge >= 0.3 is 0 Å². The Morgan fingerprint density at radius 3 is 2.74 bits per heavy atom. The fourth-order valence-corrected chi connectivity index (χ4v) is 5.28. The van der Waals surface area contributed by atoms with Gasteiger partial charge in [-0.25, -0.2) is 18.7 Å². The Hall–Kier alpha value is -3.63. The van der Waals surface area contributed by atoms with Crippen molar-refractivity contribution in [2.24, 2.45) is 0 Å². The number of piperazine rings is 1. The molecule has 1 spiro atoms. The van der Waals surface area contributed by atoms with Crippen molar-refractivity contribution in [1.29, 1.82) is 0 Å². The number of anilines is 1. The molecule has 38 heavy (non-hydrogen) atoms. The number of nitrogens with one attached hydrogen (secondary N) is 2. The van der Waals surface area contributed by atoms with Gasteiger partial charge in [0.25, 0.3) is 5.91 Å². The summed E-state index contributed by atoms with van der Waals surface area (Å²) < 4.78 is 28.6. The second kappa shape index (κ2) is 9.92. The molecule has 3 aromatic heterocycles. The van der Waals surface area contributed by atoms with Crippen molar-refractivity contribution in [3.63, 3.8) is 0 Å². The summed E-state index contributed by atoms with van der Waals surface area (Å²) in [6, 6.07) is 12.9. The second-order valence-electron chi connectivity index (χ2n) is 9.76. The molecule has 1 saturated heterocycles. The van der Waals surface area contributed by atoms with E-state index in [4.69, 9.17) is 4.98 Å². The molecule has 2 N–H and O–H groups in total. The van der Waals surface area contributed by atoms with Crippen LogP contribution in [0.4, 0.5) is 14.6 Å². The van der Waals surface area contributed by atoms with Gasteiger partial charge in [-0.3, -0.25) is 9.78 Å². The average molecular weight is 533 g/mol. The lowest BCUT2D eigenvalue weighted by Gasteiger charge is -2.35. The Kier molecular flexibility index (Phi) is 6.45. The van der Waals surface area contributed by atoms with Crippen LogP contribution in [0.3, 0.4) is 0 Å². The molecule has 1 aliphatic heterocycles. The molecule has 1 aromatic carbocycles. The fourth-order valence-electron chi connectivity index (χ4n) is 4.80. The summed E-state index contributed by atoms with van der Waals surface area (Å²) in [6.07, 6.45) is 5.73. The topological polar surface area (TPSA) is 83.0 Å². The first kappa shape index (κ1) is 24.7. The summed E-state index contributed by atoms with van der Waals surface area (Å²) in [6.45, 7) is 2.43. The van der Waals surface area contributed by atoms with Gasteiger partial charge in [0.15, 0.2) is 11.6 Å². The zero-order valence-corrected chi connectivity index (χ0v) is 21.6. The highest BCUT2D eigenvalue weighted by Crippen LogP contribution is 2.39. The van der Waals surface area contributed by atoms with Gasteiger partial charge in [0, 0.05) is 47.2 Å². The molecule has 2 fully saturated rings. The number of amides is 1. The quantitative estimate of drug-likeness (QED) is 0.352. The van der Waals surface area contributed by atoms with Gasteiger partial charge in [-0.2, -0.15) is 0 Å². The van der Waals surface area contributed by atoms with Crippen LogP contribution >= 0.6 is 11.8 Å². The number of hydrogen-bond donors (Lipinski definition) is 2. The predicted octanol–water partition coefficient (Wildman–Crippen LogP) is 4.56. The lowest BCUT2D eigenvalue weighted by Crippen LogP contribution is -2.53. The first-order valence-corrected chi connectivity index (χ1v) is 13.7. The molecule has 0 atom stereocenters. The Labute approximate surface area is 223 Å². The minimum Gasteiger partial charge on any atom is -0.351 e. The van der Waals surface area contributed by atoms with Gasteiger partial charge in [0.05, 0.1) is 29.1 Å². The highest BCUT2D eigenvalue weighted by molar-refractivity contribution is 7.98. The van der Waals surface area contributed by atoms with E-state index in [0.717, 1.165) is 31.3 Å². The Balaban J connectivity index is 1.22. The number of hydrogen-bond acceptors (Lipinski definition) is 7. The van der Waals surface area contributed by atoms with Crippen LogP contribution in [0.2, 0.25) is 0 Å². The molecule has 4 aromatic rings. The van der Waals surface area contributed by atoms with Crippen molar-refractivity contribution >= 4 is 34.4 Å². The fraction of sp³-hybridized carbons (Fsp3) is 0.286. The summed E-state index contributed by atoms with van der Waals surface area (Å²) in [5, 5.41) is 7.17. The van der Waals surface area contributed by atoms with Crippen molar-refractivity contribution in [3.05, 3.63) is 77.6 Å². The highest BCUT2D eigenvalue weighted by atomic mass is 32.2. The van der Waals surface area contributed by atoms with Crippen LogP contribution < -0.4 is 15.5 Å². The van der Waals surface area contributed by atoms with Crippen LogP contribution in [0, 0.1) is 11.6 Å². The number of pyridine rings is 3. The minimum absolute atomic E-state index is 0.105. The van der Waals surface area contributed by atoms with E-state index in [1.54, 1.807) is 24.4 Å². The molecule has 6 rings (SSSR count). The van der Waals surface area contributed by atoms with E-state index in [1.165, 1.54) is 30.0 Å². The largest absolute Gasteiger partial charge is 0.351 e. The molecule has 194 valence electrons. The maximum absolute atomic E-state index is 14.8. The number of carbonyl (C=O) groups excluding carboxylic acids is 1. The van der Waals surface area contributed by atoms with Gasteiger partial charge in [0.2, 0.25) is 0 Å². The number of carbonyl (C=O) groups is 1. The van der Waals surface area contributed by atoms with Gasteiger partial charge in [-0.1, -0.05) is 0 Å². The van der Waals surface area contributed by atoms with E-state index < -0.39 is 5.82 Å². The number of halogens is 2. The monoisotopic (exact) mass is 532 g/mol. The van der Waals surface area contributed by atoms with E-state index in [1.807, 2.05) is 23.3 Å². The van der Waals surface area contributed by atoms with Crippen LogP contribution in [0.5, 0.6) is 0 Å². The molecule has 0 bridgehead atoms. The summed E-state index contributed by atoms with van der Waals surface area (Å²) in [5.74, 6) is -0.814. The Bertz CT molecular complexity index is 1540. The average Bonchev–Trinajstić information content (AvgIpc) is 3.68. The molecule has 10 heteroatoms. The number of aromatic nitrogens is 3. The molecule has 2 aliphatic rings. The first-order valence-electron chi connectivity index (χ1n) is 12.5. The van der Waals surface area contributed by atoms with Crippen LogP contribution in [0.25, 0.3) is 22.3 Å². The van der Waals surface area contributed by atoms with Crippen LogP contribution in [-0.2, 0) is 6.54 Å². The molecule has 1 amide bonds. The number of nitrogens with zero attached hydrogens (tertiary/aromatic N) is 4. The minimum atomic E-state index is -0.455. The lowest BCUT2D eigenvalue weighted by atomic mass is 10.1. The molecular weight excluding hydrogens is 506 g/mol. The Morgan fingerprint density at radius 1 is 1.11 bits per heavy atom. The van der Waals surface area contributed by atoms with Crippen molar-refractivity contribution in [2.75, 3.05) is 30.8 Å². The molecular formula is C28H26F2N6OS. The van der Waals surface area contributed by atoms with Gasteiger partial charge in [0.1, 0.15) is 5.82 Å². The third-order valence-electron chi connectivity index (χ3n) is 7.05. The van der Waals surface area contributed by atoms with Gasteiger partial charge < -0.3 is 15.5 Å². The first-order chi connectivity index (χ1) is 18.4. The maximum Gasteiger partial charge on any atom is 0.251 e. The summed E-state index contributed by atoms with van der Waals surface area (Å²) >= 11 is 1.37.